The number of rotatable bonds is 2. The lowest BCUT2D eigenvalue weighted by molar-refractivity contribution is 0.473. The predicted octanol–water partition coefficient (Wildman–Crippen LogP) is 4.88. The Bertz CT molecular complexity index is 553. The molecule has 0 aliphatic rings. The van der Waals surface area contributed by atoms with E-state index in [9.17, 15) is 5.11 Å². The summed E-state index contributed by atoms with van der Waals surface area (Å²) in [4.78, 5) is 0. The molecule has 0 unspecified atom stereocenters. The first-order valence-corrected chi connectivity index (χ1v) is 5.92. The van der Waals surface area contributed by atoms with Gasteiger partial charge >= 0.3 is 0 Å². The van der Waals surface area contributed by atoms with Gasteiger partial charge in [0.2, 0.25) is 0 Å². The summed E-state index contributed by atoms with van der Waals surface area (Å²) in [6.45, 7) is 1.94. The third kappa shape index (κ3) is 2.91. The first-order valence-electron chi connectivity index (χ1n) is 5.13. The van der Waals surface area contributed by atoms with Gasteiger partial charge in [0.15, 0.2) is 5.75 Å². The third-order valence-corrected chi connectivity index (χ3v) is 2.82. The zero-order valence-corrected chi connectivity index (χ0v) is 10.8. The Morgan fingerprint density at radius 1 is 1.06 bits per heavy atom. The highest BCUT2D eigenvalue weighted by Crippen LogP contribution is 2.36. The molecule has 0 spiro atoms. The normalized spacial score (nSPS) is 10.9. The van der Waals surface area contributed by atoms with Crippen molar-refractivity contribution in [2.75, 3.05) is 0 Å². The maximum atomic E-state index is 9.80. The Morgan fingerprint density at radius 2 is 1.76 bits per heavy atom. The van der Waals surface area contributed by atoms with Crippen molar-refractivity contribution < 1.29 is 5.11 Å². The lowest BCUT2D eigenvalue weighted by Crippen LogP contribution is -1.75. The van der Waals surface area contributed by atoms with E-state index in [1.165, 1.54) is 0 Å². The fraction of sp³-hybridized carbons (Fsp3) is 0.0769. The lowest BCUT2D eigenvalue weighted by atomic mass is 10.2. The van der Waals surface area contributed by atoms with Crippen LogP contribution in [0.4, 0.5) is 11.4 Å². The average molecular weight is 291 g/mol. The van der Waals surface area contributed by atoms with Crippen LogP contribution in [0.1, 0.15) is 5.56 Å². The summed E-state index contributed by atoms with van der Waals surface area (Å²) >= 11 is 3.27. The molecule has 4 heteroatoms. The SMILES string of the molecule is Cc1cc(Br)c(O)c(N=Nc2ccccc2)c1. The van der Waals surface area contributed by atoms with Crippen LogP contribution >= 0.6 is 15.9 Å². The summed E-state index contributed by atoms with van der Waals surface area (Å²) < 4.78 is 0.625. The summed E-state index contributed by atoms with van der Waals surface area (Å²) in [6, 6.07) is 13.0. The molecular formula is C13H11BrN2O. The monoisotopic (exact) mass is 290 g/mol. The third-order valence-electron chi connectivity index (χ3n) is 2.22. The van der Waals surface area contributed by atoms with Crippen molar-refractivity contribution >= 4 is 27.3 Å². The molecular weight excluding hydrogens is 280 g/mol. The molecule has 0 bridgehead atoms. The average Bonchev–Trinajstić information content (AvgIpc) is 2.33. The van der Waals surface area contributed by atoms with Crippen LogP contribution in [0.15, 0.2) is 57.2 Å². The van der Waals surface area contributed by atoms with Crippen molar-refractivity contribution in [3.63, 3.8) is 0 Å². The van der Waals surface area contributed by atoms with Gasteiger partial charge in [0.05, 0.1) is 10.2 Å². The van der Waals surface area contributed by atoms with Crippen molar-refractivity contribution in [1.82, 2.24) is 0 Å². The number of hydrogen-bond donors (Lipinski definition) is 1. The molecule has 86 valence electrons. The van der Waals surface area contributed by atoms with Gasteiger partial charge in [0, 0.05) is 0 Å². The van der Waals surface area contributed by atoms with Crippen molar-refractivity contribution in [3.05, 3.63) is 52.5 Å². The minimum absolute atomic E-state index is 0.107. The van der Waals surface area contributed by atoms with E-state index in [0.717, 1.165) is 11.3 Å². The van der Waals surface area contributed by atoms with Crippen molar-refractivity contribution in [1.29, 1.82) is 0 Å². The number of nitrogens with zero attached hydrogens (tertiary/aromatic N) is 2. The van der Waals surface area contributed by atoms with Crippen molar-refractivity contribution in [2.24, 2.45) is 10.2 Å². The highest BCUT2D eigenvalue weighted by Gasteiger charge is 2.05. The second kappa shape index (κ2) is 5.10. The van der Waals surface area contributed by atoms with Crippen LogP contribution < -0.4 is 0 Å². The van der Waals surface area contributed by atoms with Gasteiger partial charge in [0.25, 0.3) is 0 Å². The molecule has 0 aliphatic carbocycles. The summed E-state index contributed by atoms with van der Waals surface area (Å²) in [5, 5.41) is 17.9. The fourth-order valence-electron chi connectivity index (χ4n) is 1.40. The molecule has 0 amide bonds. The molecule has 0 fully saturated rings. The van der Waals surface area contributed by atoms with Crippen LogP contribution in [0.2, 0.25) is 0 Å². The van der Waals surface area contributed by atoms with Crippen LogP contribution in [0.3, 0.4) is 0 Å². The minimum Gasteiger partial charge on any atom is -0.505 e. The van der Waals surface area contributed by atoms with Gasteiger partial charge in [-0.15, -0.1) is 5.11 Å². The summed E-state index contributed by atoms with van der Waals surface area (Å²) in [5.41, 5.74) is 2.22. The maximum absolute atomic E-state index is 9.80. The Morgan fingerprint density at radius 3 is 2.47 bits per heavy atom. The van der Waals surface area contributed by atoms with Crippen molar-refractivity contribution in [2.45, 2.75) is 6.92 Å². The number of aryl methyl sites for hydroxylation is 1. The molecule has 17 heavy (non-hydrogen) atoms. The Hall–Kier alpha value is -1.68. The number of phenolic OH excluding ortho intramolecular Hbond substituents is 1. The van der Waals surface area contributed by atoms with Gasteiger partial charge in [-0.25, -0.2) is 0 Å². The molecule has 2 rings (SSSR count). The van der Waals surface area contributed by atoms with Gasteiger partial charge in [0.1, 0.15) is 5.69 Å². The zero-order valence-electron chi connectivity index (χ0n) is 9.26. The van der Waals surface area contributed by atoms with Gasteiger partial charge < -0.3 is 5.11 Å². The molecule has 0 saturated carbocycles. The standard InChI is InChI=1S/C13H11BrN2O/c1-9-7-11(14)13(17)12(8-9)16-15-10-5-3-2-4-6-10/h2-8,17H,1H3. The molecule has 3 nitrogen and oxygen atoms in total. The maximum Gasteiger partial charge on any atom is 0.157 e. The lowest BCUT2D eigenvalue weighted by Gasteiger charge is -2.02. The van der Waals surface area contributed by atoms with Crippen LogP contribution in [0.25, 0.3) is 0 Å². The van der Waals surface area contributed by atoms with E-state index in [1.807, 2.05) is 43.3 Å². The molecule has 0 aliphatic heterocycles. The van der Waals surface area contributed by atoms with Crippen LogP contribution in [0, 0.1) is 6.92 Å². The highest BCUT2D eigenvalue weighted by molar-refractivity contribution is 9.10. The molecule has 1 N–H and O–H groups in total. The number of phenols is 1. The summed E-state index contributed by atoms with van der Waals surface area (Å²) in [5.74, 6) is 0.107. The molecule has 0 atom stereocenters. The quantitative estimate of drug-likeness (QED) is 0.787. The van der Waals surface area contributed by atoms with Crippen LogP contribution in [-0.4, -0.2) is 5.11 Å². The smallest absolute Gasteiger partial charge is 0.157 e. The van der Waals surface area contributed by atoms with E-state index in [0.29, 0.717) is 10.2 Å². The number of aromatic hydroxyl groups is 1. The number of halogens is 1. The minimum atomic E-state index is 0.107. The van der Waals surface area contributed by atoms with E-state index >= 15 is 0 Å². The molecule has 0 heterocycles. The Balaban J connectivity index is 2.33. The van der Waals surface area contributed by atoms with Crippen LogP contribution in [-0.2, 0) is 0 Å². The number of benzene rings is 2. The van der Waals surface area contributed by atoms with Gasteiger partial charge in [-0.1, -0.05) is 18.2 Å². The second-order valence-electron chi connectivity index (χ2n) is 3.65. The molecule has 2 aromatic rings. The molecule has 2 aromatic carbocycles. The van der Waals surface area contributed by atoms with Gasteiger partial charge in [-0.3, -0.25) is 0 Å². The van der Waals surface area contributed by atoms with E-state index < -0.39 is 0 Å². The number of hydrogen-bond acceptors (Lipinski definition) is 3. The van der Waals surface area contributed by atoms with Crippen molar-refractivity contribution in [3.8, 4) is 5.75 Å². The molecule has 0 aromatic heterocycles. The largest absolute Gasteiger partial charge is 0.505 e. The topological polar surface area (TPSA) is 45.0 Å². The zero-order chi connectivity index (χ0) is 12.3. The van der Waals surface area contributed by atoms with E-state index in [4.69, 9.17) is 0 Å². The summed E-state index contributed by atoms with van der Waals surface area (Å²) in [6.07, 6.45) is 0. The van der Waals surface area contributed by atoms with E-state index in [-0.39, 0.29) is 5.75 Å². The van der Waals surface area contributed by atoms with Gasteiger partial charge in [-0.05, 0) is 52.7 Å². The van der Waals surface area contributed by atoms with Crippen LogP contribution in [0.5, 0.6) is 5.75 Å². The first-order chi connectivity index (χ1) is 8.16. The van der Waals surface area contributed by atoms with Gasteiger partial charge in [-0.2, -0.15) is 5.11 Å². The second-order valence-corrected chi connectivity index (χ2v) is 4.50. The highest BCUT2D eigenvalue weighted by atomic mass is 79.9. The van der Waals surface area contributed by atoms with E-state index in [2.05, 4.69) is 26.2 Å². The Labute approximate surface area is 108 Å². The fourth-order valence-corrected chi connectivity index (χ4v) is 1.96. The Kier molecular flexibility index (Phi) is 3.54. The predicted molar refractivity (Wildman–Crippen MR) is 71.2 cm³/mol. The number of azo groups is 1. The first kappa shape index (κ1) is 11.8. The summed E-state index contributed by atoms with van der Waals surface area (Å²) in [7, 11) is 0. The molecule has 0 radical (unpaired) electrons. The van der Waals surface area contributed by atoms with E-state index in [1.54, 1.807) is 6.07 Å². The molecule has 0 saturated heterocycles.